The molecule has 0 amide bonds. The molecule has 1 aromatic rings. The Hall–Kier alpha value is -0.860. The number of aromatic nitrogens is 2. The van der Waals surface area contributed by atoms with E-state index in [4.69, 9.17) is 0 Å². The van der Waals surface area contributed by atoms with E-state index in [1.54, 1.807) is 0 Å². The molecule has 0 fully saturated rings. The number of nitrogens with zero attached hydrogens (tertiary/aromatic N) is 2. The molecule has 0 N–H and O–H groups in total. The standard InChI is InChI=1S/C7H12N2O/c1-7(2,3)4-6-8-5-10-9-6/h5H,4H2,1-3H3. The van der Waals surface area contributed by atoms with E-state index in [-0.39, 0.29) is 5.41 Å². The summed E-state index contributed by atoms with van der Waals surface area (Å²) in [6.07, 6.45) is 2.23. The highest BCUT2D eigenvalue weighted by Crippen LogP contribution is 2.17. The molecule has 0 bridgehead atoms. The van der Waals surface area contributed by atoms with Gasteiger partial charge in [-0.15, -0.1) is 0 Å². The summed E-state index contributed by atoms with van der Waals surface area (Å²) in [5, 5.41) is 3.72. The van der Waals surface area contributed by atoms with Crippen molar-refractivity contribution in [2.24, 2.45) is 5.41 Å². The highest BCUT2D eigenvalue weighted by Gasteiger charge is 2.13. The Balaban J connectivity index is 2.57. The van der Waals surface area contributed by atoms with Gasteiger partial charge < -0.3 is 4.52 Å². The van der Waals surface area contributed by atoms with E-state index in [0.29, 0.717) is 0 Å². The van der Waals surface area contributed by atoms with E-state index in [1.165, 1.54) is 6.39 Å². The van der Waals surface area contributed by atoms with Crippen LogP contribution in [0.15, 0.2) is 10.9 Å². The maximum Gasteiger partial charge on any atom is 0.213 e. The van der Waals surface area contributed by atoms with Crippen molar-refractivity contribution in [1.82, 2.24) is 10.1 Å². The minimum atomic E-state index is 0.240. The van der Waals surface area contributed by atoms with Crippen molar-refractivity contribution in [2.45, 2.75) is 27.2 Å². The molecule has 1 aromatic heterocycles. The van der Waals surface area contributed by atoms with Gasteiger partial charge in [0, 0.05) is 6.42 Å². The van der Waals surface area contributed by atoms with Gasteiger partial charge in [-0.05, 0) is 5.41 Å². The molecule has 0 aliphatic rings. The molecule has 0 aliphatic carbocycles. The summed E-state index contributed by atoms with van der Waals surface area (Å²) in [6.45, 7) is 6.43. The maximum absolute atomic E-state index is 4.60. The summed E-state index contributed by atoms with van der Waals surface area (Å²) in [5.74, 6) is 0.785. The quantitative estimate of drug-likeness (QED) is 0.595. The van der Waals surface area contributed by atoms with Gasteiger partial charge in [0.25, 0.3) is 0 Å². The third kappa shape index (κ3) is 2.17. The molecular formula is C7H12N2O. The van der Waals surface area contributed by atoms with E-state index in [0.717, 1.165) is 12.2 Å². The van der Waals surface area contributed by atoms with Crippen LogP contribution < -0.4 is 0 Å². The van der Waals surface area contributed by atoms with Gasteiger partial charge in [0.1, 0.15) is 0 Å². The third-order valence-corrected chi connectivity index (χ3v) is 1.10. The first-order chi connectivity index (χ1) is 4.58. The second-order valence-corrected chi connectivity index (χ2v) is 3.58. The molecule has 0 saturated carbocycles. The van der Waals surface area contributed by atoms with Gasteiger partial charge >= 0.3 is 0 Å². The molecule has 0 spiro atoms. The molecule has 3 heteroatoms. The zero-order valence-electron chi connectivity index (χ0n) is 6.59. The summed E-state index contributed by atoms with van der Waals surface area (Å²) in [4.78, 5) is 3.92. The van der Waals surface area contributed by atoms with Crippen molar-refractivity contribution in [2.75, 3.05) is 0 Å². The van der Waals surface area contributed by atoms with Gasteiger partial charge in [-0.3, -0.25) is 0 Å². The fourth-order valence-electron chi connectivity index (χ4n) is 0.745. The lowest BCUT2D eigenvalue weighted by atomic mass is 9.92. The van der Waals surface area contributed by atoms with Crippen LogP contribution in [0, 0.1) is 5.41 Å². The smallest absolute Gasteiger partial charge is 0.213 e. The third-order valence-electron chi connectivity index (χ3n) is 1.10. The van der Waals surface area contributed by atoms with Crippen LogP contribution in [-0.4, -0.2) is 10.1 Å². The van der Waals surface area contributed by atoms with E-state index < -0.39 is 0 Å². The Morgan fingerprint density at radius 1 is 1.50 bits per heavy atom. The molecule has 0 unspecified atom stereocenters. The Bertz CT molecular complexity index is 186. The Morgan fingerprint density at radius 3 is 2.60 bits per heavy atom. The molecule has 0 aromatic carbocycles. The first-order valence-corrected chi connectivity index (χ1v) is 3.33. The van der Waals surface area contributed by atoms with Crippen molar-refractivity contribution in [3.05, 3.63) is 12.2 Å². The first-order valence-electron chi connectivity index (χ1n) is 3.33. The summed E-state index contributed by atoms with van der Waals surface area (Å²) in [5.41, 5.74) is 0.240. The molecule has 0 aliphatic heterocycles. The molecule has 56 valence electrons. The summed E-state index contributed by atoms with van der Waals surface area (Å²) in [7, 11) is 0. The van der Waals surface area contributed by atoms with Gasteiger partial charge in [-0.1, -0.05) is 25.9 Å². The first kappa shape index (κ1) is 7.25. The van der Waals surface area contributed by atoms with Crippen LogP contribution in [-0.2, 0) is 6.42 Å². The van der Waals surface area contributed by atoms with Gasteiger partial charge in [0.05, 0.1) is 0 Å². The Morgan fingerprint density at radius 2 is 2.20 bits per heavy atom. The van der Waals surface area contributed by atoms with Crippen molar-refractivity contribution in [3.8, 4) is 0 Å². The van der Waals surface area contributed by atoms with E-state index in [1.807, 2.05) is 0 Å². The molecule has 10 heavy (non-hydrogen) atoms. The summed E-state index contributed by atoms with van der Waals surface area (Å²) >= 11 is 0. The zero-order chi connectivity index (χ0) is 7.61. The highest BCUT2D eigenvalue weighted by molar-refractivity contribution is 4.83. The molecular weight excluding hydrogens is 128 g/mol. The average Bonchev–Trinajstić information content (AvgIpc) is 2.12. The maximum atomic E-state index is 4.60. The predicted molar refractivity (Wildman–Crippen MR) is 37.5 cm³/mol. The summed E-state index contributed by atoms with van der Waals surface area (Å²) in [6, 6.07) is 0. The van der Waals surface area contributed by atoms with Gasteiger partial charge in [0.15, 0.2) is 5.82 Å². The van der Waals surface area contributed by atoms with E-state index >= 15 is 0 Å². The molecule has 0 radical (unpaired) electrons. The van der Waals surface area contributed by atoms with Crippen molar-refractivity contribution in [3.63, 3.8) is 0 Å². The topological polar surface area (TPSA) is 38.9 Å². The largest absolute Gasteiger partial charge is 0.343 e. The van der Waals surface area contributed by atoms with Gasteiger partial charge in [0.2, 0.25) is 6.39 Å². The summed E-state index contributed by atoms with van der Waals surface area (Å²) < 4.78 is 4.60. The second-order valence-electron chi connectivity index (χ2n) is 3.58. The van der Waals surface area contributed by atoms with Crippen LogP contribution in [0.3, 0.4) is 0 Å². The molecule has 0 saturated heterocycles. The van der Waals surface area contributed by atoms with E-state index in [9.17, 15) is 0 Å². The van der Waals surface area contributed by atoms with Gasteiger partial charge in [-0.25, -0.2) is 0 Å². The molecule has 1 rings (SSSR count). The lowest BCUT2D eigenvalue weighted by molar-refractivity contribution is 0.371. The van der Waals surface area contributed by atoms with Crippen molar-refractivity contribution >= 4 is 0 Å². The van der Waals surface area contributed by atoms with E-state index in [2.05, 4.69) is 35.4 Å². The Labute approximate surface area is 60.4 Å². The van der Waals surface area contributed by atoms with Crippen molar-refractivity contribution in [1.29, 1.82) is 0 Å². The number of hydrogen-bond acceptors (Lipinski definition) is 3. The minimum Gasteiger partial charge on any atom is -0.343 e. The lowest BCUT2D eigenvalue weighted by Gasteiger charge is -2.14. The normalized spacial score (nSPS) is 11.9. The number of rotatable bonds is 1. The van der Waals surface area contributed by atoms with Crippen LogP contribution >= 0.6 is 0 Å². The number of hydrogen-bond donors (Lipinski definition) is 0. The Kier molecular flexibility index (Phi) is 1.74. The fraction of sp³-hybridized carbons (Fsp3) is 0.714. The fourth-order valence-corrected chi connectivity index (χ4v) is 0.745. The monoisotopic (exact) mass is 140 g/mol. The lowest BCUT2D eigenvalue weighted by Crippen LogP contribution is -2.10. The van der Waals surface area contributed by atoms with Crippen LogP contribution in [0.2, 0.25) is 0 Å². The van der Waals surface area contributed by atoms with Crippen molar-refractivity contribution < 1.29 is 4.52 Å². The SMILES string of the molecule is CC(C)(C)Cc1ncon1. The predicted octanol–water partition coefficient (Wildman–Crippen LogP) is 1.66. The molecule has 1 heterocycles. The van der Waals surface area contributed by atoms with Crippen LogP contribution in [0.1, 0.15) is 26.6 Å². The molecule has 3 nitrogen and oxygen atoms in total. The minimum absolute atomic E-state index is 0.240. The average molecular weight is 140 g/mol. The highest BCUT2D eigenvalue weighted by atomic mass is 16.5. The van der Waals surface area contributed by atoms with Crippen LogP contribution in [0.5, 0.6) is 0 Å². The second kappa shape index (κ2) is 2.40. The van der Waals surface area contributed by atoms with Gasteiger partial charge in [-0.2, -0.15) is 4.98 Å². The van der Waals surface area contributed by atoms with Crippen LogP contribution in [0.4, 0.5) is 0 Å². The van der Waals surface area contributed by atoms with Crippen LogP contribution in [0.25, 0.3) is 0 Å². The molecule has 0 atom stereocenters. The zero-order valence-corrected chi connectivity index (χ0v) is 6.59.